The smallest absolute Gasteiger partial charge is 0.335 e. The number of rotatable bonds is 6. The van der Waals surface area contributed by atoms with Gasteiger partial charge in [-0.1, -0.05) is 6.07 Å². The minimum absolute atomic E-state index is 0.0281. The number of nitrogen functional groups attached to an aromatic ring is 1. The van der Waals surface area contributed by atoms with Crippen LogP contribution in [0.4, 0.5) is 5.69 Å². The third kappa shape index (κ3) is 3.94. The van der Waals surface area contributed by atoms with Crippen molar-refractivity contribution in [2.75, 3.05) is 12.3 Å². The van der Waals surface area contributed by atoms with Crippen LogP contribution in [0.25, 0.3) is 0 Å². The predicted octanol–water partition coefficient (Wildman–Crippen LogP) is 0.315. The Morgan fingerprint density at radius 2 is 2.00 bits per heavy atom. The van der Waals surface area contributed by atoms with Gasteiger partial charge in [0.15, 0.2) is 0 Å². The van der Waals surface area contributed by atoms with Gasteiger partial charge >= 0.3 is 11.9 Å². The first-order valence-corrected chi connectivity index (χ1v) is 6.01. The van der Waals surface area contributed by atoms with E-state index in [2.05, 4.69) is 4.74 Å². The van der Waals surface area contributed by atoms with E-state index < -0.39 is 24.1 Å². The van der Waals surface area contributed by atoms with Crippen molar-refractivity contribution in [3.8, 4) is 0 Å². The summed E-state index contributed by atoms with van der Waals surface area (Å²) in [7, 11) is 0. The Labute approximate surface area is 115 Å². The molecule has 0 bridgehead atoms. The molecule has 1 aromatic rings. The molecule has 1 aromatic carbocycles. The molecule has 0 fully saturated rings. The fraction of sp³-hybridized carbons (Fsp3) is 0.385. The second-order valence-corrected chi connectivity index (χ2v) is 4.17. The van der Waals surface area contributed by atoms with E-state index in [1.54, 1.807) is 6.92 Å². The van der Waals surface area contributed by atoms with Crippen molar-refractivity contribution in [1.82, 2.24) is 0 Å². The van der Waals surface area contributed by atoms with E-state index in [4.69, 9.17) is 10.8 Å². The molecule has 0 aliphatic heterocycles. The molecule has 0 heterocycles. The number of aliphatic hydroxyl groups excluding tert-OH is 2. The van der Waals surface area contributed by atoms with Crippen LogP contribution < -0.4 is 5.73 Å². The van der Waals surface area contributed by atoms with Gasteiger partial charge in [-0.25, -0.2) is 4.79 Å². The average molecular weight is 283 g/mol. The minimum Gasteiger partial charge on any atom is -0.478 e. The third-order valence-electron chi connectivity index (χ3n) is 2.70. The van der Waals surface area contributed by atoms with Crippen LogP contribution in [0.15, 0.2) is 18.2 Å². The molecule has 0 saturated heterocycles. The number of hydrogen-bond acceptors (Lipinski definition) is 6. The molecule has 0 spiro atoms. The normalized spacial score (nSPS) is 13.6. The van der Waals surface area contributed by atoms with E-state index in [9.17, 15) is 19.8 Å². The van der Waals surface area contributed by atoms with Crippen LogP contribution in [-0.4, -0.2) is 40.0 Å². The van der Waals surface area contributed by atoms with Gasteiger partial charge in [-0.2, -0.15) is 0 Å². The van der Waals surface area contributed by atoms with E-state index in [1.807, 2.05) is 0 Å². The summed E-state index contributed by atoms with van der Waals surface area (Å²) >= 11 is 0. The molecule has 2 atom stereocenters. The van der Waals surface area contributed by atoms with Gasteiger partial charge in [-0.05, 0) is 19.1 Å². The van der Waals surface area contributed by atoms with Crippen molar-refractivity contribution in [3.63, 3.8) is 0 Å². The van der Waals surface area contributed by atoms with Crippen molar-refractivity contribution in [1.29, 1.82) is 0 Å². The van der Waals surface area contributed by atoms with Crippen LogP contribution in [0, 0.1) is 0 Å². The van der Waals surface area contributed by atoms with Crippen LogP contribution in [0.1, 0.15) is 35.4 Å². The summed E-state index contributed by atoms with van der Waals surface area (Å²) in [6, 6.07) is 3.74. The van der Waals surface area contributed by atoms with Gasteiger partial charge < -0.3 is 25.8 Å². The number of carbonyl (C=O) groups excluding carboxylic acids is 1. The average Bonchev–Trinajstić information content (AvgIpc) is 2.37. The SMILES string of the molecule is CCOC(=O)CC(O)C(O)c1ccc(C(=O)O)cc1N. The zero-order valence-corrected chi connectivity index (χ0v) is 10.9. The summed E-state index contributed by atoms with van der Waals surface area (Å²) in [6.45, 7) is 1.81. The molecular formula is C13H17NO6. The summed E-state index contributed by atoms with van der Waals surface area (Å²) in [5.41, 5.74) is 5.79. The maximum absolute atomic E-state index is 11.2. The highest BCUT2D eigenvalue weighted by Gasteiger charge is 2.24. The molecule has 0 aromatic heterocycles. The molecule has 0 aliphatic carbocycles. The highest BCUT2D eigenvalue weighted by atomic mass is 16.5. The van der Waals surface area contributed by atoms with Crippen molar-refractivity contribution >= 4 is 17.6 Å². The van der Waals surface area contributed by atoms with E-state index >= 15 is 0 Å². The van der Waals surface area contributed by atoms with Crippen LogP contribution in [0.2, 0.25) is 0 Å². The molecule has 0 radical (unpaired) electrons. The number of aliphatic hydroxyl groups is 2. The largest absolute Gasteiger partial charge is 0.478 e. The van der Waals surface area contributed by atoms with Gasteiger partial charge in [0, 0.05) is 11.3 Å². The number of ether oxygens (including phenoxy) is 1. The van der Waals surface area contributed by atoms with Gasteiger partial charge in [0.2, 0.25) is 0 Å². The van der Waals surface area contributed by atoms with Crippen molar-refractivity contribution in [3.05, 3.63) is 29.3 Å². The highest BCUT2D eigenvalue weighted by Crippen LogP contribution is 2.25. The number of esters is 1. The third-order valence-corrected chi connectivity index (χ3v) is 2.70. The molecule has 0 saturated carbocycles. The molecule has 0 aliphatic rings. The number of nitrogens with two attached hydrogens (primary N) is 1. The molecular weight excluding hydrogens is 266 g/mol. The van der Waals surface area contributed by atoms with E-state index in [0.29, 0.717) is 0 Å². The predicted molar refractivity (Wildman–Crippen MR) is 70.0 cm³/mol. The van der Waals surface area contributed by atoms with Gasteiger partial charge in [-0.3, -0.25) is 4.79 Å². The second-order valence-electron chi connectivity index (χ2n) is 4.17. The number of carboxylic acids is 1. The Morgan fingerprint density at radius 3 is 2.50 bits per heavy atom. The number of benzene rings is 1. The molecule has 2 unspecified atom stereocenters. The minimum atomic E-state index is -1.40. The topological polar surface area (TPSA) is 130 Å². The van der Waals surface area contributed by atoms with Crippen LogP contribution in [0.3, 0.4) is 0 Å². The fourth-order valence-corrected chi connectivity index (χ4v) is 1.69. The fourth-order valence-electron chi connectivity index (χ4n) is 1.69. The highest BCUT2D eigenvalue weighted by molar-refractivity contribution is 5.89. The lowest BCUT2D eigenvalue weighted by atomic mass is 9.99. The van der Waals surface area contributed by atoms with Crippen molar-refractivity contribution in [2.24, 2.45) is 0 Å². The van der Waals surface area contributed by atoms with Gasteiger partial charge in [0.05, 0.1) is 24.7 Å². The van der Waals surface area contributed by atoms with E-state index in [0.717, 1.165) is 0 Å². The van der Waals surface area contributed by atoms with E-state index in [-0.39, 0.29) is 29.8 Å². The molecule has 1 rings (SSSR count). The summed E-state index contributed by atoms with van der Waals surface area (Å²) < 4.78 is 4.66. The van der Waals surface area contributed by atoms with Gasteiger partial charge in [0.25, 0.3) is 0 Å². The molecule has 110 valence electrons. The maximum Gasteiger partial charge on any atom is 0.335 e. The summed E-state index contributed by atoms with van der Waals surface area (Å²) in [5.74, 6) is -1.79. The van der Waals surface area contributed by atoms with E-state index in [1.165, 1.54) is 18.2 Å². The Kier molecular flexibility index (Phi) is 5.48. The lowest BCUT2D eigenvalue weighted by molar-refractivity contribution is -0.147. The molecule has 7 heteroatoms. The van der Waals surface area contributed by atoms with Crippen LogP contribution >= 0.6 is 0 Å². The Morgan fingerprint density at radius 1 is 1.35 bits per heavy atom. The Balaban J connectivity index is 2.83. The molecule has 7 nitrogen and oxygen atoms in total. The zero-order valence-electron chi connectivity index (χ0n) is 10.9. The van der Waals surface area contributed by atoms with Crippen LogP contribution in [-0.2, 0) is 9.53 Å². The first-order chi connectivity index (χ1) is 9.36. The number of anilines is 1. The molecule has 5 N–H and O–H groups in total. The number of aromatic carboxylic acids is 1. The standard InChI is InChI=1S/C13H17NO6/c1-2-20-11(16)6-10(15)12(17)8-4-3-7(13(18)19)5-9(8)14/h3-5,10,12,15,17H,2,6,14H2,1H3,(H,18,19). The summed E-state index contributed by atoms with van der Waals surface area (Å²) in [4.78, 5) is 22.0. The Bertz CT molecular complexity index is 502. The van der Waals surface area contributed by atoms with Crippen molar-refractivity contribution in [2.45, 2.75) is 25.6 Å². The first kappa shape index (κ1) is 15.9. The molecule has 0 amide bonds. The van der Waals surface area contributed by atoms with Crippen LogP contribution in [0.5, 0.6) is 0 Å². The molecule has 20 heavy (non-hydrogen) atoms. The first-order valence-electron chi connectivity index (χ1n) is 6.01. The second kappa shape index (κ2) is 6.88. The maximum atomic E-state index is 11.2. The van der Waals surface area contributed by atoms with Gasteiger partial charge in [-0.15, -0.1) is 0 Å². The Hall–Kier alpha value is -2.12. The summed E-state index contributed by atoms with van der Waals surface area (Å²) in [5, 5.41) is 28.5. The number of hydrogen-bond donors (Lipinski definition) is 4. The van der Waals surface area contributed by atoms with Crippen molar-refractivity contribution < 1.29 is 29.6 Å². The summed E-state index contributed by atoms with van der Waals surface area (Å²) in [6.07, 6.45) is -3.16. The zero-order chi connectivity index (χ0) is 15.3. The number of carbonyl (C=O) groups is 2. The lowest BCUT2D eigenvalue weighted by Gasteiger charge is -2.19. The monoisotopic (exact) mass is 283 g/mol. The number of carboxylic acid groups (broad SMARTS) is 1. The quantitative estimate of drug-likeness (QED) is 0.436. The van der Waals surface area contributed by atoms with Gasteiger partial charge in [0.1, 0.15) is 6.10 Å². The lowest BCUT2D eigenvalue weighted by Crippen LogP contribution is -2.24.